The van der Waals surface area contributed by atoms with Crippen molar-refractivity contribution in [3.63, 3.8) is 0 Å². The second-order valence-electron chi connectivity index (χ2n) is 2.11. The van der Waals surface area contributed by atoms with Gasteiger partial charge < -0.3 is 9.52 Å². The minimum atomic E-state index is -0.393. The van der Waals surface area contributed by atoms with E-state index < -0.39 is 6.10 Å². The lowest BCUT2D eigenvalue weighted by molar-refractivity contribution is 0.173. The summed E-state index contributed by atoms with van der Waals surface area (Å²) in [6.07, 6.45) is 1.87. The van der Waals surface area contributed by atoms with Crippen LogP contribution in [0.5, 0.6) is 0 Å². The predicted molar refractivity (Wildman–Crippen MR) is 41.7 cm³/mol. The molecule has 0 spiro atoms. The third kappa shape index (κ3) is 1.61. The van der Waals surface area contributed by atoms with Gasteiger partial charge in [0, 0.05) is 5.56 Å². The van der Waals surface area contributed by atoms with Crippen molar-refractivity contribution in [2.75, 3.05) is 0 Å². The number of halogens is 1. The largest absolute Gasteiger partial charge is 0.457 e. The molecule has 0 aliphatic rings. The Kier molecular flexibility index (Phi) is 2.51. The molecule has 2 nitrogen and oxygen atoms in total. The summed E-state index contributed by atoms with van der Waals surface area (Å²) in [6, 6.07) is 1.77. The van der Waals surface area contributed by atoms with Gasteiger partial charge in [-0.15, -0.1) is 0 Å². The topological polar surface area (TPSA) is 33.4 Å². The zero-order chi connectivity index (χ0) is 7.56. The Hall–Kier alpha value is -0.280. The fraction of sp³-hybridized carbons (Fsp3) is 0.429. The molecular weight excluding hydrogens is 196 g/mol. The van der Waals surface area contributed by atoms with E-state index >= 15 is 0 Å². The van der Waals surface area contributed by atoms with E-state index in [0.717, 1.165) is 5.56 Å². The SMILES string of the molecule is CCC(O)c1coc(Br)c1. The van der Waals surface area contributed by atoms with Crippen molar-refractivity contribution in [2.45, 2.75) is 19.4 Å². The van der Waals surface area contributed by atoms with Crippen LogP contribution in [-0.4, -0.2) is 5.11 Å². The molecule has 0 amide bonds. The summed E-state index contributed by atoms with van der Waals surface area (Å²) in [4.78, 5) is 0. The van der Waals surface area contributed by atoms with Crippen molar-refractivity contribution < 1.29 is 9.52 Å². The molecule has 10 heavy (non-hydrogen) atoms. The molecular formula is C7H9BrO2. The summed E-state index contributed by atoms with van der Waals surface area (Å²) in [5.74, 6) is 0. The first-order valence-electron chi connectivity index (χ1n) is 3.16. The van der Waals surface area contributed by atoms with Crippen LogP contribution >= 0.6 is 15.9 Å². The lowest BCUT2D eigenvalue weighted by Crippen LogP contribution is -1.90. The summed E-state index contributed by atoms with van der Waals surface area (Å²) in [5, 5.41) is 9.26. The van der Waals surface area contributed by atoms with Gasteiger partial charge in [-0.05, 0) is 28.4 Å². The summed E-state index contributed by atoms with van der Waals surface area (Å²) in [5.41, 5.74) is 0.828. The Labute approximate surface area is 68.0 Å². The van der Waals surface area contributed by atoms with Crippen molar-refractivity contribution in [3.05, 3.63) is 22.6 Å². The fourth-order valence-electron chi connectivity index (χ4n) is 0.734. The molecule has 1 heterocycles. The van der Waals surface area contributed by atoms with Crippen LogP contribution in [0.25, 0.3) is 0 Å². The smallest absolute Gasteiger partial charge is 0.169 e. The first kappa shape index (κ1) is 7.82. The standard InChI is InChI=1S/C7H9BrO2/c1-2-6(9)5-3-7(8)10-4-5/h3-4,6,9H,2H2,1H3. The monoisotopic (exact) mass is 204 g/mol. The molecule has 1 aromatic heterocycles. The number of aliphatic hydroxyl groups excluding tert-OH is 1. The van der Waals surface area contributed by atoms with Crippen LogP contribution in [0.3, 0.4) is 0 Å². The highest BCUT2D eigenvalue weighted by Gasteiger charge is 2.06. The third-order valence-corrected chi connectivity index (χ3v) is 1.78. The fourth-order valence-corrected chi connectivity index (χ4v) is 1.09. The maximum absolute atomic E-state index is 9.26. The van der Waals surface area contributed by atoms with Crippen LogP contribution in [0.1, 0.15) is 25.0 Å². The van der Waals surface area contributed by atoms with Gasteiger partial charge in [0.2, 0.25) is 0 Å². The van der Waals surface area contributed by atoms with Gasteiger partial charge in [-0.2, -0.15) is 0 Å². The maximum atomic E-state index is 9.26. The molecule has 0 bridgehead atoms. The molecule has 56 valence electrons. The van der Waals surface area contributed by atoms with Gasteiger partial charge >= 0.3 is 0 Å². The summed E-state index contributed by atoms with van der Waals surface area (Å²) in [7, 11) is 0. The molecule has 3 heteroatoms. The van der Waals surface area contributed by atoms with E-state index in [1.54, 1.807) is 12.3 Å². The minimum Gasteiger partial charge on any atom is -0.457 e. The van der Waals surface area contributed by atoms with Gasteiger partial charge in [-0.25, -0.2) is 0 Å². The molecule has 1 aromatic rings. The van der Waals surface area contributed by atoms with E-state index in [0.29, 0.717) is 11.1 Å². The van der Waals surface area contributed by atoms with E-state index in [9.17, 15) is 5.11 Å². The van der Waals surface area contributed by atoms with E-state index in [4.69, 9.17) is 4.42 Å². The van der Waals surface area contributed by atoms with Gasteiger partial charge in [-0.1, -0.05) is 6.92 Å². The van der Waals surface area contributed by atoms with Gasteiger partial charge in [0.1, 0.15) is 0 Å². The van der Waals surface area contributed by atoms with E-state index in [2.05, 4.69) is 15.9 Å². The minimum absolute atomic E-state index is 0.393. The number of aliphatic hydroxyl groups is 1. The van der Waals surface area contributed by atoms with E-state index in [1.807, 2.05) is 6.92 Å². The molecule has 0 saturated heterocycles. The molecule has 0 aromatic carbocycles. The maximum Gasteiger partial charge on any atom is 0.169 e. The van der Waals surface area contributed by atoms with Gasteiger partial charge in [0.25, 0.3) is 0 Å². The van der Waals surface area contributed by atoms with Gasteiger partial charge in [0.05, 0.1) is 12.4 Å². The van der Waals surface area contributed by atoms with Crippen molar-refractivity contribution >= 4 is 15.9 Å². The number of hydrogen-bond acceptors (Lipinski definition) is 2. The molecule has 0 saturated carbocycles. The van der Waals surface area contributed by atoms with Crippen LogP contribution < -0.4 is 0 Å². The zero-order valence-corrected chi connectivity index (χ0v) is 7.26. The lowest BCUT2D eigenvalue weighted by Gasteiger charge is -2.00. The van der Waals surface area contributed by atoms with Crippen molar-refractivity contribution in [1.29, 1.82) is 0 Å². The molecule has 1 N–H and O–H groups in total. The number of hydrogen-bond donors (Lipinski definition) is 1. The highest BCUT2D eigenvalue weighted by Crippen LogP contribution is 2.21. The molecule has 0 fully saturated rings. The van der Waals surface area contributed by atoms with Crippen molar-refractivity contribution in [1.82, 2.24) is 0 Å². The van der Waals surface area contributed by atoms with Gasteiger partial charge in [-0.3, -0.25) is 0 Å². The van der Waals surface area contributed by atoms with E-state index in [1.165, 1.54) is 0 Å². The predicted octanol–water partition coefficient (Wildman–Crippen LogP) is 2.49. The first-order chi connectivity index (χ1) is 4.74. The van der Waals surface area contributed by atoms with Crippen LogP contribution in [0, 0.1) is 0 Å². The Balaban J connectivity index is 2.74. The number of rotatable bonds is 2. The summed E-state index contributed by atoms with van der Waals surface area (Å²) >= 11 is 3.15. The lowest BCUT2D eigenvalue weighted by atomic mass is 10.1. The van der Waals surface area contributed by atoms with Crippen LogP contribution in [0.15, 0.2) is 21.4 Å². The Morgan fingerprint density at radius 2 is 2.50 bits per heavy atom. The molecule has 0 aliphatic heterocycles. The van der Waals surface area contributed by atoms with Crippen molar-refractivity contribution in [3.8, 4) is 0 Å². The second kappa shape index (κ2) is 3.21. The average molecular weight is 205 g/mol. The normalized spacial score (nSPS) is 13.5. The summed E-state index contributed by atoms with van der Waals surface area (Å²) < 4.78 is 5.61. The first-order valence-corrected chi connectivity index (χ1v) is 3.95. The highest BCUT2D eigenvalue weighted by molar-refractivity contribution is 9.10. The molecule has 1 atom stereocenters. The molecule has 0 radical (unpaired) electrons. The summed E-state index contributed by atoms with van der Waals surface area (Å²) in [6.45, 7) is 1.92. The van der Waals surface area contributed by atoms with Crippen molar-refractivity contribution in [2.24, 2.45) is 0 Å². The van der Waals surface area contributed by atoms with Crippen LogP contribution in [-0.2, 0) is 0 Å². The van der Waals surface area contributed by atoms with Gasteiger partial charge in [0.15, 0.2) is 4.67 Å². The van der Waals surface area contributed by atoms with Crippen LogP contribution in [0.2, 0.25) is 0 Å². The second-order valence-corrected chi connectivity index (χ2v) is 2.89. The van der Waals surface area contributed by atoms with E-state index in [-0.39, 0.29) is 0 Å². The Morgan fingerprint density at radius 3 is 2.90 bits per heavy atom. The zero-order valence-electron chi connectivity index (χ0n) is 5.67. The third-order valence-electron chi connectivity index (χ3n) is 1.36. The highest BCUT2D eigenvalue weighted by atomic mass is 79.9. The quantitative estimate of drug-likeness (QED) is 0.804. The molecule has 1 rings (SSSR count). The molecule has 0 aliphatic carbocycles. The van der Waals surface area contributed by atoms with Crippen LogP contribution in [0.4, 0.5) is 0 Å². The molecule has 1 unspecified atom stereocenters. The Bertz CT molecular complexity index is 207. The Morgan fingerprint density at radius 1 is 1.80 bits per heavy atom. The number of furan rings is 1. The average Bonchev–Trinajstić information content (AvgIpc) is 2.34.